The number of amides is 2. The molecule has 1 heterocycles. The normalized spacial score (nSPS) is 15.3. The molecular weight excluding hydrogens is 532 g/mol. The van der Waals surface area contributed by atoms with Gasteiger partial charge in [-0.2, -0.15) is 0 Å². The van der Waals surface area contributed by atoms with Crippen molar-refractivity contribution in [2.24, 2.45) is 11.7 Å². The van der Waals surface area contributed by atoms with Crippen molar-refractivity contribution >= 4 is 28.9 Å². The second kappa shape index (κ2) is 13.1. The number of nitrogens with two attached hydrogens (primary N) is 1. The van der Waals surface area contributed by atoms with Gasteiger partial charge in [0.1, 0.15) is 0 Å². The first-order chi connectivity index (χ1) is 20.3. The van der Waals surface area contributed by atoms with Crippen molar-refractivity contribution in [3.8, 4) is 11.1 Å². The van der Waals surface area contributed by atoms with Crippen LogP contribution >= 0.6 is 0 Å². The number of carbonyl (C=O) groups is 2. The van der Waals surface area contributed by atoms with Gasteiger partial charge < -0.3 is 25.8 Å². The molecule has 1 saturated carbocycles. The molecule has 3 aromatic carbocycles. The van der Waals surface area contributed by atoms with Crippen molar-refractivity contribution in [2.45, 2.75) is 25.8 Å². The zero-order valence-electron chi connectivity index (χ0n) is 24.0. The summed E-state index contributed by atoms with van der Waals surface area (Å²) in [6, 6.07) is 19.9. The third-order valence-electron chi connectivity index (χ3n) is 7.93. The molecule has 2 amide bonds. The van der Waals surface area contributed by atoms with E-state index in [0.717, 1.165) is 67.8 Å². The lowest BCUT2D eigenvalue weighted by atomic mass is 10.0. The number of carbonyl (C=O) groups excluding carboxylic acids is 2. The molecule has 10 nitrogen and oxygen atoms in total. The summed E-state index contributed by atoms with van der Waals surface area (Å²) in [5, 5.41) is 14.1. The van der Waals surface area contributed by atoms with Crippen LogP contribution in [0.25, 0.3) is 11.1 Å². The van der Waals surface area contributed by atoms with Crippen molar-refractivity contribution in [2.75, 3.05) is 56.5 Å². The van der Waals surface area contributed by atoms with Crippen LogP contribution in [0.1, 0.15) is 35.2 Å². The minimum absolute atomic E-state index is 0.0630. The van der Waals surface area contributed by atoms with Crippen molar-refractivity contribution in [3.05, 3.63) is 88.0 Å². The lowest BCUT2D eigenvalue weighted by Gasteiger charge is -2.35. The van der Waals surface area contributed by atoms with Gasteiger partial charge in [0, 0.05) is 62.9 Å². The number of non-ortho nitro benzene ring substituents is 1. The summed E-state index contributed by atoms with van der Waals surface area (Å²) in [7, 11) is 2.10. The van der Waals surface area contributed by atoms with Gasteiger partial charge in [-0.1, -0.05) is 24.3 Å². The zero-order valence-corrected chi connectivity index (χ0v) is 24.0. The Morgan fingerprint density at radius 1 is 1.00 bits per heavy atom. The van der Waals surface area contributed by atoms with Crippen LogP contribution in [0.3, 0.4) is 0 Å². The van der Waals surface area contributed by atoms with E-state index in [9.17, 15) is 19.7 Å². The van der Waals surface area contributed by atoms with Crippen molar-refractivity contribution in [3.63, 3.8) is 0 Å². The number of likely N-dealkylation sites (N-methyl/N-ethyl adjacent to an activating group) is 1. The van der Waals surface area contributed by atoms with Crippen molar-refractivity contribution in [1.29, 1.82) is 0 Å². The van der Waals surface area contributed by atoms with E-state index in [0.29, 0.717) is 30.9 Å². The van der Waals surface area contributed by atoms with Gasteiger partial charge in [0.05, 0.1) is 16.3 Å². The first-order valence-electron chi connectivity index (χ1n) is 14.5. The highest BCUT2D eigenvalue weighted by atomic mass is 16.6. The van der Waals surface area contributed by atoms with Gasteiger partial charge in [0.2, 0.25) is 5.91 Å². The molecule has 0 unspecified atom stereocenters. The number of anilines is 2. The molecule has 0 spiro atoms. The maximum atomic E-state index is 13.3. The van der Waals surface area contributed by atoms with E-state index in [1.165, 1.54) is 24.3 Å². The molecule has 42 heavy (non-hydrogen) atoms. The quantitative estimate of drug-likeness (QED) is 0.259. The zero-order chi connectivity index (χ0) is 29.6. The highest BCUT2D eigenvalue weighted by Crippen LogP contribution is 2.34. The number of nitro groups is 1. The van der Waals surface area contributed by atoms with Gasteiger partial charge in [-0.05, 0) is 79.9 Å². The number of nitrogens with zero attached hydrogens (tertiary/aromatic N) is 4. The Kier molecular flexibility index (Phi) is 9.14. The average molecular weight is 571 g/mol. The number of nitrogens with one attached hydrogen (secondary N) is 1. The van der Waals surface area contributed by atoms with Crippen LogP contribution in [0.2, 0.25) is 0 Å². The Bertz CT molecular complexity index is 1430. The highest BCUT2D eigenvalue weighted by Gasteiger charge is 2.33. The Morgan fingerprint density at radius 2 is 1.71 bits per heavy atom. The second-order valence-corrected chi connectivity index (χ2v) is 11.2. The van der Waals surface area contributed by atoms with Crippen LogP contribution in [-0.4, -0.2) is 72.9 Å². The summed E-state index contributed by atoms with van der Waals surface area (Å²) in [6.45, 7) is 5.22. The Labute approximate surface area is 246 Å². The van der Waals surface area contributed by atoms with Gasteiger partial charge >= 0.3 is 0 Å². The Balaban J connectivity index is 1.42. The summed E-state index contributed by atoms with van der Waals surface area (Å²) < 4.78 is 0. The molecule has 0 aromatic heterocycles. The predicted octanol–water partition coefficient (Wildman–Crippen LogP) is 4.35. The van der Waals surface area contributed by atoms with Crippen LogP contribution < -0.4 is 16.0 Å². The van der Waals surface area contributed by atoms with Gasteiger partial charge in [-0.15, -0.1) is 0 Å². The fraction of sp³-hybridized carbons (Fsp3) is 0.375. The molecule has 5 rings (SSSR count). The molecule has 220 valence electrons. The fourth-order valence-electron chi connectivity index (χ4n) is 5.28. The van der Waals surface area contributed by atoms with Gasteiger partial charge in [0.15, 0.2) is 0 Å². The number of hydrogen-bond acceptors (Lipinski definition) is 7. The molecular formula is C32H38N6O4. The largest absolute Gasteiger partial charge is 0.367 e. The second-order valence-electron chi connectivity index (χ2n) is 11.2. The molecule has 0 atom stereocenters. The molecule has 3 aromatic rings. The Hall–Kier alpha value is -4.28. The maximum Gasteiger partial charge on any atom is 0.269 e. The molecule has 2 fully saturated rings. The van der Waals surface area contributed by atoms with Crippen LogP contribution in [0.5, 0.6) is 0 Å². The van der Waals surface area contributed by atoms with Gasteiger partial charge in [0.25, 0.3) is 11.6 Å². The molecule has 1 aliphatic heterocycles. The number of rotatable bonds is 11. The maximum absolute atomic E-state index is 13.3. The molecule has 10 heteroatoms. The van der Waals surface area contributed by atoms with Crippen LogP contribution in [-0.2, 0) is 11.3 Å². The monoisotopic (exact) mass is 570 g/mol. The number of piperazine rings is 1. The standard InChI is InChI=1S/C32H38N6O4/c1-35-16-18-36(19-17-35)30-13-10-27(21-29(30)34-31(39)24-8-11-28(12-9-24)38(41)42)26-5-2-4-23(20-26)22-37(15-3-14-33)32(40)25-6-7-25/h2,4-5,8-13,20-21,25H,3,6-7,14-19,22,33H2,1H3,(H,34,39). The average Bonchev–Trinajstić information content (AvgIpc) is 3.85. The van der Waals surface area contributed by atoms with Crippen LogP contribution in [0.4, 0.5) is 17.1 Å². The van der Waals surface area contributed by atoms with Crippen molar-refractivity contribution < 1.29 is 14.5 Å². The first kappa shape index (κ1) is 29.2. The summed E-state index contributed by atoms with van der Waals surface area (Å²) in [4.78, 5) is 43.2. The predicted molar refractivity (Wildman–Crippen MR) is 164 cm³/mol. The van der Waals surface area contributed by atoms with Crippen molar-refractivity contribution in [1.82, 2.24) is 9.80 Å². The molecule has 2 aliphatic rings. The number of hydrogen-bond donors (Lipinski definition) is 2. The van der Waals surface area contributed by atoms with Crippen LogP contribution in [0.15, 0.2) is 66.7 Å². The summed E-state index contributed by atoms with van der Waals surface area (Å²) in [6.07, 6.45) is 2.70. The molecule has 3 N–H and O–H groups in total. The van der Waals surface area contributed by atoms with E-state index >= 15 is 0 Å². The molecule has 0 bridgehead atoms. The molecule has 1 aliphatic carbocycles. The SMILES string of the molecule is CN1CCN(c2ccc(-c3cccc(CN(CCCN)C(=O)C4CC4)c3)cc2NC(=O)c2ccc([N+](=O)[O-])cc2)CC1. The molecule has 0 radical (unpaired) electrons. The summed E-state index contributed by atoms with van der Waals surface area (Å²) in [5.74, 6) is 0.0249. The number of nitro benzene ring substituents is 1. The van der Waals surface area contributed by atoms with Gasteiger partial charge in [-0.3, -0.25) is 19.7 Å². The lowest BCUT2D eigenvalue weighted by Crippen LogP contribution is -2.44. The van der Waals surface area contributed by atoms with E-state index in [1.54, 1.807) is 0 Å². The highest BCUT2D eigenvalue weighted by molar-refractivity contribution is 6.06. The minimum atomic E-state index is -0.482. The van der Waals surface area contributed by atoms with E-state index in [1.807, 2.05) is 35.2 Å². The van der Waals surface area contributed by atoms with E-state index in [2.05, 4.69) is 34.3 Å². The first-order valence-corrected chi connectivity index (χ1v) is 14.5. The number of benzene rings is 3. The third-order valence-corrected chi connectivity index (χ3v) is 7.93. The Morgan fingerprint density at radius 3 is 2.38 bits per heavy atom. The third kappa shape index (κ3) is 7.13. The topological polar surface area (TPSA) is 125 Å². The molecule has 1 saturated heterocycles. The smallest absolute Gasteiger partial charge is 0.269 e. The summed E-state index contributed by atoms with van der Waals surface area (Å²) in [5.41, 5.74) is 10.6. The van der Waals surface area contributed by atoms with E-state index in [-0.39, 0.29) is 23.4 Å². The van der Waals surface area contributed by atoms with E-state index in [4.69, 9.17) is 5.73 Å². The summed E-state index contributed by atoms with van der Waals surface area (Å²) >= 11 is 0. The van der Waals surface area contributed by atoms with Crippen LogP contribution in [0, 0.1) is 16.0 Å². The fourth-order valence-corrected chi connectivity index (χ4v) is 5.28. The lowest BCUT2D eigenvalue weighted by molar-refractivity contribution is -0.384. The van der Waals surface area contributed by atoms with E-state index < -0.39 is 4.92 Å². The van der Waals surface area contributed by atoms with Gasteiger partial charge in [-0.25, -0.2) is 0 Å². The minimum Gasteiger partial charge on any atom is -0.367 e.